The molecule has 1 saturated heterocycles. The predicted molar refractivity (Wildman–Crippen MR) is 97.1 cm³/mol. The number of fused-ring (bicyclic) bond motifs is 1. The number of likely N-dealkylation sites (tertiary alicyclic amines) is 1. The summed E-state index contributed by atoms with van der Waals surface area (Å²) in [6, 6.07) is 3.98. The zero-order valence-electron chi connectivity index (χ0n) is 15.6. The minimum atomic E-state index is 0.0238. The van der Waals surface area contributed by atoms with E-state index in [2.05, 4.69) is 21.2 Å². The van der Waals surface area contributed by atoms with E-state index >= 15 is 0 Å². The maximum absolute atomic E-state index is 13.0. The first kappa shape index (κ1) is 17.2. The van der Waals surface area contributed by atoms with Gasteiger partial charge in [0, 0.05) is 30.6 Å². The highest BCUT2D eigenvalue weighted by Gasteiger charge is 2.29. The van der Waals surface area contributed by atoms with Crippen LogP contribution in [0.5, 0.6) is 0 Å². The van der Waals surface area contributed by atoms with E-state index in [-0.39, 0.29) is 17.7 Å². The normalized spacial score (nSPS) is 20.3. The summed E-state index contributed by atoms with van der Waals surface area (Å²) in [5, 5.41) is 4.15. The zero-order chi connectivity index (χ0) is 18.1. The van der Waals surface area contributed by atoms with Crippen LogP contribution in [-0.2, 0) is 12.8 Å². The lowest BCUT2D eigenvalue weighted by atomic mass is 9.95. The van der Waals surface area contributed by atoms with Crippen molar-refractivity contribution in [3.8, 4) is 0 Å². The molecule has 0 radical (unpaired) electrons. The number of aromatic nitrogens is 3. The number of hydrogen-bond acceptors (Lipinski definition) is 5. The fourth-order valence-corrected chi connectivity index (χ4v) is 3.88. The van der Waals surface area contributed by atoms with Crippen molar-refractivity contribution in [2.24, 2.45) is 0 Å². The molecule has 0 spiro atoms. The van der Waals surface area contributed by atoms with Gasteiger partial charge in [0.2, 0.25) is 5.89 Å². The molecule has 3 heterocycles. The molecular weight excluding hydrogens is 328 g/mol. The summed E-state index contributed by atoms with van der Waals surface area (Å²) < 4.78 is 5.34. The molecule has 0 unspecified atom stereocenters. The summed E-state index contributed by atoms with van der Waals surface area (Å²) in [6.07, 6.45) is 6.39. The SMILES string of the molecule is CC(C)c1nc([C@H]2CCCN(C(=O)c3ccc4c(n3)CCCC4)C2)no1. The van der Waals surface area contributed by atoms with Crippen molar-refractivity contribution in [3.63, 3.8) is 0 Å². The molecule has 1 atom stereocenters. The van der Waals surface area contributed by atoms with Gasteiger partial charge >= 0.3 is 0 Å². The molecule has 2 aromatic rings. The van der Waals surface area contributed by atoms with Crippen LogP contribution >= 0.6 is 0 Å². The summed E-state index contributed by atoms with van der Waals surface area (Å²) in [5.41, 5.74) is 2.98. The predicted octanol–water partition coefficient (Wildman–Crippen LogP) is 3.49. The van der Waals surface area contributed by atoms with Crippen LogP contribution in [0.15, 0.2) is 16.7 Å². The lowest BCUT2D eigenvalue weighted by Crippen LogP contribution is -2.39. The topological polar surface area (TPSA) is 72.1 Å². The van der Waals surface area contributed by atoms with Crippen molar-refractivity contribution >= 4 is 5.91 Å². The first-order valence-corrected chi connectivity index (χ1v) is 9.73. The first-order valence-electron chi connectivity index (χ1n) is 9.73. The van der Waals surface area contributed by atoms with Gasteiger partial charge in [-0.3, -0.25) is 4.79 Å². The Morgan fingerprint density at radius 1 is 1.19 bits per heavy atom. The van der Waals surface area contributed by atoms with Crippen LogP contribution in [0.4, 0.5) is 0 Å². The van der Waals surface area contributed by atoms with Crippen LogP contribution in [0, 0.1) is 0 Å². The summed E-state index contributed by atoms with van der Waals surface area (Å²) in [6.45, 7) is 5.48. The van der Waals surface area contributed by atoms with Crippen LogP contribution in [0.25, 0.3) is 0 Å². The van der Waals surface area contributed by atoms with E-state index in [1.54, 1.807) is 0 Å². The number of aryl methyl sites for hydroxylation is 2. The van der Waals surface area contributed by atoms with E-state index in [1.807, 2.05) is 24.8 Å². The van der Waals surface area contributed by atoms with Crippen LogP contribution < -0.4 is 0 Å². The molecule has 0 bridgehead atoms. The number of piperidine rings is 1. The van der Waals surface area contributed by atoms with E-state index in [9.17, 15) is 4.79 Å². The molecule has 2 aromatic heterocycles. The van der Waals surface area contributed by atoms with Crippen LogP contribution in [0.1, 0.15) is 84.8 Å². The molecule has 6 heteroatoms. The van der Waals surface area contributed by atoms with E-state index < -0.39 is 0 Å². The number of carbonyl (C=O) groups is 1. The Morgan fingerprint density at radius 2 is 2.04 bits per heavy atom. The Labute approximate surface area is 154 Å². The van der Waals surface area contributed by atoms with Gasteiger partial charge in [0.1, 0.15) is 5.69 Å². The van der Waals surface area contributed by atoms with Gasteiger partial charge in [-0.25, -0.2) is 4.98 Å². The Morgan fingerprint density at radius 3 is 2.85 bits per heavy atom. The standard InChI is InChI=1S/C20H26N4O2/c1-13(2)19-22-18(23-26-19)15-7-5-11-24(12-15)20(25)17-10-9-14-6-3-4-8-16(14)21-17/h9-10,13,15H,3-8,11-12H2,1-2H3/t15-/m0/s1. The van der Waals surface area contributed by atoms with Gasteiger partial charge in [0.25, 0.3) is 5.91 Å². The van der Waals surface area contributed by atoms with Crippen molar-refractivity contribution in [2.45, 2.75) is 64.2 Å². The highest BCUT2D eigenvalue weighted by molar-refractivity contribution is 5.92. The second-order valence-electron chi connectivity index (χ2n) is 7.75. The van der Waals surface area contributed by atoms with Crippen molar-refractivity contribution < 1.29 is 9.32 Å². The highest BCUT2D eigenvalue weighted by atomic mass is 16.5. The Balaban J connectivity index is 1.49. The fraction of sp³-hybridized carbons (Fsp3) is 0.600. The van der Waals surface area contributed by atoms with Gasteiger partial charge in [-0.1, -0.05) is 25.1 Å². The summed E-state index contributed by atoms with van der Waals surface area (Å²) in [7, 11) is 0. The minimum absolute atomic E-state index is 0.0238. The second-order valence-corrected chi connectivity index (χ2v) is 7.75. The molecule has 1 aliphatic carbocycles. The maximum Gasteiger partial charge on any atom is 0.272 e. The van der Waals surface area contributed by atoms with Crippen LogP contribution in [0.2, 0.25) is 0 Å². The Kier molecular flexibility index (Phi) is 4.74. The van der Waals surface area contributed by atoms with E-state index in [0.29, 0.717) is 18.1 Å². The fourth-order valence-electron chi connectivity index (χ4n) is 3.88. The smallest absolute Gasteiger partial charge is 0.272 e. The van der Waals surface area contributed by atoms with Crippen LogP contribution in [0.3, 0.4) is 0 Å². The molecule has 138 valence electrons. The molecule has 1 amide bonds. The molecule has 2 aliphatic rings. The molecule has 1 aliphatic heterocycles. The molecule has 6 nitrogen and oxygen atoms in total. The van der Waals surface area contributed by atoms with Gasteiger partial charge in [0.05, 0.1) is 0 Å². The van der Waals surface area contributed by atoms with Gasteiger partial charge in [-0.15, -0.1) is 0 Å². The summed E-state index contributed by atoms with van der Waals surface area (Å²) in [4.78, 5) is 24.1. The van der Waals surface area contributed by atoms with Gasteiger partial charge in [0.15, 0.2) is 5.82 Å². The molecule has 0 saturated carbocycles. The number of hydrogen-bond donors (Lipinski definition) is 0. The van der Waals surface area contributed by atoms with Crippen molar-refractivity contribution in [3.05, 3.63) is 40.8 Å². The zero-order valence-corrected chi connectivity index (χ0v) is 15.6. The maximum atomic E-state index is 13.0. The quantitative estimate of drug-likeness (QED) is 0.844. The van der Waals surface area contributed by atoms with Crippen molar-refractivity contribution in [1.82, 2.24) is 20.0 Å². The lowest BCUT2D eigenvalue weighted by Gasteiger charge is -2.31. The number of carbonyl (C=O) groups excluding carboxylic acids is 1. The third-order valence-corrected chi connectivity index (χ3v) is 5.42. The van der Waals surface area contributed by atoms with Crippen LogP contribution in [-0.4, -0.2) is 39.0 Å². The molecular formula is C20H26N4O2. The largest absolute Gasteiger partial charge is 0.339 e. The number of rotatable bonds is 3. The van der Waals surface area contributed by atoms with Gasteiger partial charge in [-0.2, -0.15) is 4.98 Å². The summed E-state index contributed by atoms with van der Waals surface area (Å²) >= 11 is 0. The average Bonchev–Trinajstić information content (AvgIpc) is 3.18. The highest BCUT2D eigenvalue weighted by Crippen LogP contribution is 2.27. The van der Waals surface area contributed by atoms with Crippen molar-refractivity contribution in [2.75, 3.05) is 13.1 Å². The molecule has 0 aromatic carbocycles. The first-order chi connectivity index (χ1) is 12.6. The number of pyridine rings is 1. The van der Waals surface area contributed by atoms with Gasteiger partial charge < -0.3 is 9.42 Å². The Bertz CT molecular complexity index is 799. The third kappa shape index (κ3) is 3.37. The third-order valence-electron chi connectivity index (χ3n) is 5.42. The monoisotopic (exact) mass is 354 g/mol. The number of amides is 1. The van der Waals surface area contributed by atoms with E-state index in [0.717, 1.165) is 43.7 Å². The minimum Gasteiger partial charge on any atom is -0.339 e. The number of nitrogens with zero attached hydrogens (tertiary/aromatic N) is 4. The van der Waals surface area contributed by atoms with E-state index in [4.69, 9.17) is 4.52 Å². The van der Waals surface area contributed by atoms with Crippen molar-refractivity contribution in [1.29, 1.82) is 0 Å². The molecule has 4 rings (SSSR count). The Hall–Kier alpha value is -2.24. The molecule has 26 heavy (non-hydrogen) atoms. The van der Waals surface area contributed by atoms with Gasteiger partial charge in [-0.05, 0) is 50.2 Å². The lowest BCUT2D eigenvalue weighted by molar-refractivity contribution is 0.0697. The average molecular weight is 354 g/mol. The van der Waals surface area contributed by atoms with E-state index in [1.165, 1.54) is 18.4 Å². The molecule has 0 N–H and O–H groups in total. The summed E-state index contributed by atoms with van der Waals surface area (Å²) in [5.74, 6) is 1.78. The molecule has 1 fully saturated rings. The second kappa shape index (κ2) is 7.17.